The molecule has 2 N–H and O–H groups in total. The molecule has 0 unspecified atom stereocenters. The molecule has 0 spiro atoms. The number of hydrogen-bond acceptors (Lipinski definition) is 3. The number of carbonyl (C=O) groups is 1. The fraction of sp³-hybridized carbons (Fsp3) is 0.300. The third kappa shape index (κ3) is 4.58. The van der Waals surface area contributed by atoms with Gasteiger partial charge in [0.25, 0.3) is 5.91 Å². The third-order valence-corrected chi connectivity index (χ3v) is 4.80. The van der Waals surface area contributed by atoms with Gasteiger partial charge in [0, 0.05) is 29.5 Å². The smallest absolute Gasteiger partial charge is 0.257 e. The van der Waals surface area contributed by atoms with Crippen molar-refractivity contribution >= 4 is 34.6 Å². The highest BCUT2D eigenvalue weighted by atomic mass is 32.1. The molecule has 0 aromatic heterocycles. The van der Waals surface area contributed by atoms with Crippen LogP contribution in [0.1, 0.15) is 36.5 Å². The number of amides is 1. The first kappa shape index (κ1) is 18.3. The summed E-state index contributed by atoms with van der Waals surface area (Å²) in [5, 5.41) is 5.81. The molecule has 1 heterocycles. The second kappa shape index (κ2) is 8.27. The van der Waals surface area contributed by atoms with Crippen LogP contribution in [-0.2, 0) is 0 Å². The molecule has 4 nitrogen and oxygen atoms in total. The summed E-state index contributed by atoms with van der Waals surface area (Å²) in [5.41, 5.74) is 2.36. The highest BCUT2D eigenvalue weighted by Gasteiger charge is 2.18. The summed E-state index contributed by atoms with van der Waals surface area (Å²) < 4.78 is 12.9. The molecule has 0 radical (unpaired) electrons. The van der Waals surface area contributed by atoms with Gasteiger partial charge in [0.15, 0.2) is 5.11 Å². The summed E-state index contributed by atoms with van der Waals surface area (Å²) >= 11 is 5.19. The molecule has 3 rings (SSSR count). The van der Waals surface area contributed by atoms with Crippen molar-refractivity contribution in [1.82, 2.24) is 5.32 Å². The molecule has 1 amide bonds. The van der Waals surface area contributed by atoms with Crippen LogP contribution >= 0.6 is 12.2 Å². The minimum atomic E-state index is -0.384. The number of nitrogens with zero attached hydrogens (tertiary/aromatic N) is 1. The van der Waals surface area contributed by atoms with Crippen molar-refractivity contribution in [3.05, 3.63) is 59.9 Å². The standard InChI is InChI=1S/C20H22FN3OS/c1-14-4-2-3-13-24(14)18-11-9-17(10-12-18)22-20(26)23-19(25)15-5-7-16(21)8-6-15/h5-12,14H,2-4,13H2,1H3,(H2,22,23,25,26)/t14-/m1/s1. The van der Waals surface area contributed by atoms with Crippen molar-refractivity contribution in [2.24, 2.45) is 0 Å². The van der Waals surface area contributed by atoms with Crippen molar-refractivity contribution in [1.29, 1.82) is 0 Å². The Bertz CT molecular complexity index is 777. The van der Waals surface area contributed by atoms with Crippen molar-refractivity contribution in [3.63, 3.8) is 0 Å². The molecule has 2 aromatic carbocycles. The van der Waals surface area contributed by atoms with E-state index < -0.39 is 0 Å². The summed E-state index contributed by atoms with van der Waals surface area (Å²) in [5.74, 6) is -0.758. The van der Waals surface area contributed by atoms with Crippen molar-refractivity contribution < 1.29 is 9.18 Å². The molecule has 0 aliphatic carbocycles. The van der Waals surface area contributed by atoms with Gasteiger partial charge in [-0.15, -0.1) is 0 Å². The molecule has 1 saturated heterocycles. The monoisotopic (exact) mass is 371 g/mol. The predicted molar refractivity (Wildman–Crippen MR) is 107 cm³/mol. The van der Waals surface area contributed by atoms with Gasteiger partial charge in [0.1, 0.15) is 5.82 Å². The summed E-state index contributed by atoms with van der Waals surface area (Å²) in [6.07, 6.45) is 3.74. The molecule has 1 aliphatic rings. The van der Waals surface area contributed by atoms with Crippen LogP contribution in [0.4, 0.5) is 15.8 Å². The first-order valence-corrected chi connectivity index (χ1v) is 9.18. The highest BCUT2D eigenvalue weighted by molar-refractivity contribution is 7.80. The number of carbonyl (C=O) groups excluding carboxylic acids is 1. The highest BCUT2D eigenvalue weighted by Crippen LogP contribution is 2.25. The Morgan fingerprint density at radius 2 is 1.81 bits per heavy atom. The lowest BCUT2D eigenvalue weighted by Gasteiger charge is -2.35. The molecule has 0 bridgehead atoms. The van der Waals surface area contributed by atoms with E-state index in [0.717, 1.165) is 12.2 Å². The normalized spacial score (nSPS) is 16.8. The SMILES string of the molecule is C[C@@H]1CCCCN1c1ccc(NC(=S)NC(=O)c2ccc(F)cc2)cc1. The maximum absolute atomic E-state index is 12.9. The summed E-state index contributed by atoms with van der Waals surface area (Å²) in [7, 11) is 0. The van der Waals surface area contributed by atoms with Crippen LogP contribution in [0, 0.1) is 5.82 Å². The maximum Gasteiger partial charge on any atom is 0.257 e. The summed E-state index contributed by atoms with van der Waals surface area (Å²) in [6, 6.07) is 13.9. The number of rotatable bonds is 3. The van der Waals surface area contributed by atoms with E-state index in [4.69, 9.17) is 12.2 Å². The first-order chi connectivity index (χ1) is 12.5. The first-order valence-electron chi connectivity index (χ1n) is 8.77. The molecule has 1 atom stereocenters. The van der Waals surface area contributed by atoms with Gasteiger partial charge in [-0.3, -0.25) is 10.1 Å². The number of piperidine rings is 1. The van der Waals surface area contributed by atoms with Gasteiger partial charge >= 0.3 is 0 Å². The lowest BCUT2D eigenvalue weighted by atomic mass is 10.0. The zero-order valence-corrected chi connectivity index (χ0v) is 15.5. The molecular formula is C20H22FN3OS. The average Bonchev–Trinajstić information content (AvgIpc) is 2.63. The minimum absolute atomic E-state index is 0.207. The fourth-order valence-electron chi connectivity index (χ4n) is 3.16. The van der Waals surface area contributed by atoms with Gasteiger partial charge in [-0.05, 0) is 86.9 Å². The lowest BCUT2D eigenvalue weighted by Crippen LogP contribution is -2.37. The maximum atomic E-state index is 12.9. The number of anilines is 2. The Labute approximate surface area is 158 Å². The fourth-order valence-corrected chi connectivity index (χ4v) is 3.37. The van der Waals surface area contributed by atoms with E-state index >= 15 is 0 Å². The Morgan fingerprint density at radius 1 is 1.12 bits per heavy atom. The quantitative estimate of drug-likeness (QED) is 0.788. The zero-order valence-electron chi connectivity index (χ0n) is 14.7. The Kier molecular flexibility index (Phi) is 5.83. The van der Waals surface area contributed by atoms with Gasteiger partial charge in [-0.25, -0.2) is 4.39 Å². The van der Waals surface area contributed by atoms with E-state index in [0.29, 0.717) is 11.6 Å². The van der Waals surface area contributed by atoms with Crippen molar-refractivity contribution in [2.45, 2.75) is 32.2 Å². The molecule has 1 aliphatic heterocycles. The molecule has 136 valence electrons. The largest absolute Gasteiger partial charge is 0.369 e. The zero-order chi connectivity index (χ0) is 18.5. The van der Waals surface area contributed by atoms with Crippen LogP contribution in [0.5, 0.6) is 0 Å². The van der Waals surface area contributed by atoms with E-state index in [1.54, 1.807) is 0 Å². The van der Waals surface area contributed by atoms with Gasteiger partial charge in [0.05, 0.1) is 0 Å². The second-order valence-electron chi connectivity index (χ2n) is 6.50. The van der Waals surface area contributed by atoms with E-state index in [1.165, 1.54) is 49.2 Å². The van der Waals surface area contributed by atoms with Gasteiger partial charge < -0.3 is 10.2 Å². The Balaban J connectivity index is 1.57. The Hall–Kier alpha value is -2.47. The second-order valence-corrected chi connectivity index (χ2v) is 6.91. The molecular weight excluding hydrogens is 349 g/mol. The van der Waals surface area contributed by atoms with E-state index in [1.807, 2.05) is 12.1 Å². The average molecular weight is 371 g/mol. The van der Waals surface area contributed by atoms with E-state index in [-0.39, 0.29) is 16.8 Å². The van der Waals surface area contributed by atoms with E-state index in [2.05, 4.69) is 34.6 Å². The lowest BCUT2D eigenvalue weighted by molar-refractivity contribution is 0.0977. The molecule has 6 heteroatoms. The number of benzene rings is 2. The Morgan fingerprint density at radius 3 is 2.46 bits per heavy atom. The molecule has 1 fully saturated rings. The van der Waals surface area contributed by atoms with Crippen LogP contribution in [0.3, 0.4) is 0 Å². The number of halogens is 1. The number of nitrogens with one attached hydrogen (secondary N) is 2. The molecule has 26 heavy (non-hydrogen) atoms. The van der Waals surface area contributed by atoms with E-state index in [9.17, 15) is 9.18 Å². The molecule has 0 saturated carbocycles. The number of hydrogen-bond donors (Lipinski definition) is 2. The van der Waals surface area contributed by atoms with Gasteiger partial charge in [-0.1, -0.05) is 0 Å². The minimum Gasteiger partial charge on any atom is -0.369 e. The predicted octanol–water partition coefficient (Wildman–Crippen LogP) is 4.33. The van der Waals surface area contributed by atoms with Crippen LogP contribution in [0.15, 0.2) is 48.5 Å². The van der Waals surface area contributed by atoms with Gasteiger partial charge in [-0.2, -0.15) is 0 Å². The summed E-state index contributed by atoms with van der Waals surface area (Å²) in [4.78, 5) is 14.5. The van der Waals surface area contributed by atoms with Crippen molar-refractivity contribution in [2.75, 3.05) is 16.8 Å². The van der Waals surface area contributed by atoms with Crippen LogP contribution in [0.25, 0.3) is 0 Å². The third-order valence-electron chi connectivity index (χ3n) is 4.59. The topological polar surface area (TPSA) is 44.4 Å². The molecule has 2 aromatic rings. The van der Waals surface area contributed by atoms with Crippen LogP contribution < -0.4 is 15.5 Å². The van der Waals surface area contributed by atoms with Crippen molar-refractivity contribution in [3.8, 4) is 0 Å². The van der Waals surface area contributed by atoms with Crippen LogP contribution in [0.2, 0.25) is 0 Å². The van der Waals surface area contributed by atoms with Crippen LogP contribution in [-0.4, -0.2) is 23.6 Å². The summed E-state index contributed by atoms with van der Waals surface area (Å²) in [6.45, 7) is 3.34. The number of thiocarbonyl (C=S) groups is 1. The van der Waals surface area contributed by atoms with Gasteiger partial charge in [0.2, 0.25) is 0 Å².